The Labute approximate surface area is 310 Å². The van der Waals surface area contributed by atoms with Crippen molar-refractivity contribution < 1.29 is 27.2 Å². The van der Waals surface area contributed by atoms with Crippen molar-refractivity contribution >= 4 is 45.0 Å². The van der Waals surface area contributed by atoms with Crippen LogP contribution in [0.2, 0.25) is 0 Å². The number of nitrogens with zero attached hydrogens (tertiary/aromatic N) is 2. The number of anilines is 2. The number of hydrogen-bond acceptors (Lipinski definition) is 4. The first kappa shape index (κ1) is 36.7. The topological polar surface area (TPSA) is 96.3 Å². The lowest BCUT2D eigenvalue weighted by Gasteiger charge is -2.32. The summed E-state index contributed by atoms with van der Waals surface area (Å²) in [4.78, 5) is 36.7. The van der Waals surface area contributed by atoms with Gasteiger partial charge in [0.05, 0.1) is 18.2 Å². The number of aromatic amines is 2. The molecule has 54 heavy (non-hydrogen) atoms. The number of amides is 2. The van der Waals surface area contributed by atoms with Crippen LogP contribution in [0, 0.1) is 5.82 Å². The zero-order chi connectivity index (χ0) is 37.8. The van der Waals surface area contributed by atoms with E-state index in [1.807, 2.05) is 42.6 Å². The first-order valence-electron chi connectivity index (χ1n) is 18.1. The molecule has 4 N–H and O–H groups in total. The fourth-order valence-corrected chi connectivity index (χ4v) is 7.57. The lowest BCUT2D eigenvalue weighted by molar-refractivity contribution is -0.139. The van der Waals surface area contributed by atoms with Crippen molar-refractivity contribution in [3.8, 4) is 0 Å². The number of carbonyl (C=O) groups is 2. The molecule has 1 atom stereocenters. The Morgan fingerprint density at radius 2 is 1.54 bits per heavy atom. The average Bonchev–Trinajstić information content (AvgIpc) is 3.76. The van der Waals surface area contributed by atoms with Crippen molar-refractivity contribution in [2.24, 2.45) is 0 Å². The second kappa shape index (κ2) is 15.8. The fraction of sp³-hybridized carbons (Fsp3) is 0.286. The van der Waals surface area contributed by atoms with Gasteiger partial charge in [-0.1, -0.05) is 36.4 Å². The van der Waals surface area contributed by atoms with Gasteiger partial charge in [-0.3, -0.25) is 14.5 Å². The van der Waals surface area contributed by atoms with Crippen molar-refractivity contribution in [2.75, 3.05) is 31.5 Å². The molecule has 0 unspecified atom stereocenters. The standard InChI is InChI=1S/C42H42F4N6O2/c1-27(53)52(24-29-6-2-4-8-38(29)42(44,45)46)25-34(20-30-22-47-39-9-5-3-7-35(30)39)50-41(54)26-51-18-16-28(17-19-51)37-23-48-40-15-14-33(21-36(37)40)49-32-12-10-31(43)11-13-32/h2-15,21-23,28,34,47-49H,16-20,24-26H2,1H3,(H,50,54)/t34-/m1/s1. The highest BCUT2D eigenvalue weighted by molar-refractivity contribution is 5.88. The number of carbonyl (C=O) groups excluding carboxylic acids is 2. The van der Waals surface area contributed by atoms with Crippen molar-refractivity contribution in [3.63, 3.8) is 0 Å². The lowest BCUT2D eigenvalue weighted by atomic mass is 9.89. The maximum atomic E-state index is 13.8. The van der Waals surface area contributed by atoms with Gasteiger partial charge in [0.25, 0.3) is 0 Å². The Kier molecular flexibility index (Phi) is 10.7. The predicted octanol–water partition coefficient (Wildman–Crippen LogP) is 8.51. The molecule has 0 saturated carbocycles. The van der Waals surface area contributed by atoms with Gasteiger partial charge in [-0.2, -0.15) is 13.2 Å². The highest BCUT2D eigenvalue weighted by atomic mass is 19.4. The molecule has 0 spiro atoms. The van der Waals surface area contributed by atoms with Crippen molar-refractivity contribution in [2.45, 2.75) is 50.9 Å². The molecule has 3 heterocycles. The molecular formula is C42H42F4N6O2. The minimum atomic E-state index is -4.57. The number of para-hydroxylation sites is 1. The van der Waals surface area contributed by atoms with E-state index in [0.717, 1.165) is 57.7 Å². The summed E-state index contributed by atoms with van der Waals surface area (Å²) in [6.07, 6.45) is 1.45. The summed E-state index contributed by atoms with van der Waals surface area (Å²) in [6.45, 7) is 2.71. The first-order chi connectivity index (χ1) is 26.0. The number of halogens is 4. The number of H-pyrrole nitrogens is 2. The van der Waals surface area contributed by atoms with Crippen LogP contribution < -0.4 is 10.6 Å². The van der Waals surface area contributed by atoms with Gasteiger partial charge in [0, 0.05) is 65.6 Å². The molecule has 1 fully saturated rings. The minimum Gasteiger partial charge on any atom is -0.361 e. The molecule has 8 nitrogen and oxygen atoms in total. The van der Waals surface area contributed by atoms with E-state index >= 15 is 0 Å². The van der Waals surface area contributed by atoms with Gasteiger partial charge in [-0.15, -0.1) is 0 Å². The number of piperidine rings is 1. The number of benzene rings is 4. The molecule has 2 amide bonds. The Bertz CT molecular complexity index is 2240. The number of aromatic nitrogens is 2. The minimum absolute atomic E-state index is 0.00388. The summed E-state index contributed by atoms with van der Waals surface area (Å²) in [5.41, 5.74) is 5.01. The summed E-state index contributed by atoms with van der Waals surface area (Å²) < 4.78 is 54.9. The van der Waals surface area contributed by atoms with E-state index in [2.05, 4.69) is 37.8 Å². The Morgan fingerprint density at radius 3 is 2.30 bits per heavy atom. The average molecular weight is 739 g/mol. The largest absolute Gasteiger partial charge is 0.416 e. The van der Waals surface area contributed by atoms with Gasteiger partial charge < -0.3 is 25.5 Å². The van der Waals surface area contributed by atoms with Crippen LogP contribution in [0.25, 0.3) is 21.8 Å². The van der Waals surface area contributed by atoms with E-state index < -0.39 is 17.8 Å². The lowest BCUT2D eigenvalue weighted by Crippen LogP contribution is -2.49. The SMILES string of the molecule is CC(=O)N(Cc1ccccc1C(F)(F)F)C[C@@H](Cc1c[nH]c2ccccc12)NC(=O)CN1CCC(c2c[nH]c3ccc(Nc4ccc(F)cc4)cc23)CC1. The summed E-state index contributed by atoms with van der Waals surface area (Å²) in [7, 11) is 0. The molecule has 280 valence electrons. The number of likely N-dealkylation sites (tertiary alicyclic amines) is 1. The molecule has 0 aliphatic carbocycles. The van der Waals surface area contributed by atoms with E-state index in [4.69, 9.17) is 0 Å². The summed E-state index contributed by atoms with van der Waals surface area (Å²) in [5, 5.41) is 8.57. The second-order valence-corrected chi connectivity index (χ2v) is 14.1. The van der Waals surface area contributed by atoms with Gasteiger partial charge in [-0.25, -0.2) is 4.39 Å². The van der Waals surface area contributed by atoms with E-state index in [-0.39, 0.29) is 48.7 Å². The summed E-state index contributed by atoms with van der Waals surface area (Å²) in [6, 6.07) is 24.8. The second-order valence-electron chi connectivity index (χ2n) is 14.1. The number of hydrogen-bond donors (Lipinski definition) is 4. The van der Waals surface area contributed by atoms with Crippen molar-refractivity contribution in [1.82, 2.24) is 25.1 Å². The quantitative estimate of drug-likeness (QED) is 0.0948. The van der Waals surface area contributed by atoms with E-state index in [1.165, 1.54) is 47.7 Å². The van der Waals surface area contributed by atoms with Crippen LogP contribution in [-0.2, 0) is 28.7 Å². The molecule has 7 rings (SSSR count). The molecule has 2 aromatic heterocycles. The van der Waals surface area contributed by atoms with Crippen LogP contribution in [0.15, 0.2) is 103 Å². The zero-order valence-corrected chi connectivity index (χ0v) is 29.8. The van der Waals surface area contributed by atoms with Crippen molar-refractivity contribution in [1.29, 1.82) is 0 Å². The monoisotopic (exact) mass is 738 g/mol. The molecule has 0 bridgehead atoms. The third-order valence-electron chi connectivity index (χ3n) is 10.3. The van der Waals surface area contributed by atoms with Gasteiger partial charge in [0.1, 0.15) is 5.82 Å². The third-order valence-corrected chi connectivity index (χ3v) is 10.3. The zero-order valence-electron chi connectivity index (χ0n) is 29.8. The molecule has 1 aliphatic heterocycles. The fourth-order valence-electron chi connectivity index (χ4n) is 7.57. The molecule has 4 aromatic carbocycles. The highest BCUT2D eigenvalue weighted by Gasteiger charge is 2.34. The van der Waals surface area contributed by atoms with E-state index in [9.17, 15) is 27.2 Å². The molecule has 6 aromatic rings. The van der Waals surface area contributed by atoms with Crippen LogP contribution in [0.1, 0.15) is 47.9 Å². The number of fused-ring (bicyclic) bond motifs is 2. The Hall–Kier alpha value is -5.62. The van der Waals surface area contributed by atoms with Crippen molar-refractivity contribution in [3.05, 3.63) is 131 Å². The molecule has 1 aliphatic rings. The molecular weight excluding hydrogens is 696 g/mol. The Morgan fingerprint density at radius 1 is 0.852 bits per heavy atom. The predicted molar refractivity (Wildman–Crippen MR) is 203 cm³/mol. The van der Waals surface area contributed by atoms with E-state index in [1.54, 1.807) is 12.1 Å². The van der Waals surface area contributed by atoms with Gasteiger partial charge in [-0.05, 0) is 110 Å². The van der Waals surface area contributed by atoms with Crippen LogP contribution in [0.5, 0.6) is 0 Å². The molecule has 0 radical (unpaired) electrons. The number of rotatable bonds is 12. The first-order valence-corrected chi connectivity index (χ1v) is 18.1. The van der Waals surface area contributed by atoms with Crippen LogP contribution in [0.4, 0.5) is 28.9 Å². The third kappa shape index (κ3) is 8.60. The van der Waals surface area contributed by atoms with Crippen LogP contribution >= 0.6 is 0 Å². The normalized spacial score (nSPS) is 14.7. The summed E-state index contributed by atoms with van der Waals surface area (Å²) >= 11 is 0. The van der Waals surface area contributed by atoms with Crippen LogP contribution in [0.3, 0.4) is 0 Å². The van der Waals surface area contributed by atoms with Gasteiger partial charge >= 0.3 is 6.18 Å². The van der Waals surface area contributed by atoms with Gasteiger partial charge in [0.15, 0.2) is 0 Å². The Balaban J connectivity index is 1.02. The van der Waals surface area contributed by atoms with Gasteiger partial charge in [0.2, 0.25) is 11.8 Å². The maximum Gasteiger partial charge on any atom is 0.416 e. The van der Waals surface area contributed by atoms with Crippen LogP contribution in [-0.4, -0.2) is 63.8 Å². The summed E-state index contributed by atoms with van der Waals surface area (Å²) in [5.74, 6) is -0.594. The molecule has 12 heteroatoms. The maximum absolute atomic E-state index is 13.8. The number of nitrogens with one attached hydrogen (secondary N) is 4. The highest BCUT2D eigenvalue weighted by Crippen LogP contribution is 2.35. The molecule has 1 saturated heterocycles. The number of alkyl halides is 3. The van der Waals surface area contributed by atoms with E-state index in [0.29, 0.717) is 19.5 Å². The smallest absolute Gasteiger partial charge is 0.361 e.